The number of nitrogens with zero attached hydrogens (tertiary/aromatic N) is 3. The maximum Gasteiger partial charge on any atom is 0.433 e. The van der Waals surface area contributed by atoms with E-state index in [2.05, 4.69) is 9.97 Å². The Labute approximate surface area is 101 Å². The third kappa shape index (κ3) is 3.02. The molecule has 0 aromatic carbocycles. The molecule has 0 aliphatic carbocycles. The Morgan fingerprint density at radius 3 is 2.47 bits per heavy atom. The second kappa shape index (κ2) is 4.72. The van der Waals surface area contributed by atoms with Gasteiger partial charge in [-0.25, -0.2) is 9.97 Å². The molecule has 7 heteroatoms. The van der Waals surface area contributed by atoms with Crippen molar-refractivity contribution in [2.45, 2.75) is 13.1 Å². The van der Waals surface area contributed by atoms with E-state index in [4.69, 9.17) is 0 Å². The lowest BCUT2D eigenvalue weighted by Crippen LogP contribution is -2.33. The molecule has 1 aromatic rings. The van der Waals surface area contributed by atoms with Crippen molar-refractivity contribution in [3.05, 3.63) is 17.6 Å². The van der Waals surface area contributed by atoms with Crippen molar-refractivity contribution in [3.8, 4) is 0 Å². The maximum absolute atomic E-state index is 12.6. The van der Waals surface area contributed by atoms with Crippen molar-refractivity contribution in [1.82, 2.24) is 9.97 Å². The topological polar surface area (TPSA) is 29.0 Å². The molecular weight excluding hydrogens is 251 g/mol. The molecule has 1 aliphatic rings. The van der Waals surface area contributed by atoms with Crippen LogP contribution in [0.15, 0.2) is 6.07 Å². The van der Waals surface area contributed by atoms with Crippen molar-refractivity contribution in [2.24, 2.45) is 0 Å². The van der Waals surface area contributed by atoms with Gasteiger partial charge in [-0.05, 0) is 6.92 Å². The molecule has 0 atom stereocenters. The second-order valence-corrected chi connectivity index (χ2v) is 4.98. The largest absolute Gasteiger partial charge is 0.433 e. The number of hydrogen-bond acceptors (Lipinski definition) is 4. The SMILES string of the molecule is Cc1nc(N2CCSCC2)cc(C(F)(F)F)n1. The minimum atomic E-state index is -4.41. The third-order valence-electron chi connectivity index (χ3n) is 2.45. The van der Waals surface area contributed by atoms with Gasteiger partial charge in [0.25, 0.3) is 0 Å². The minimum absolute atomic E-state index is 0.160. The van der Waals surface area contributed by atoms with Gasteiger partial charge in [0.05, 0.1) is 0 Å². The van der Waals surface area contributed by atoms with Crippen LogP contribution in [0.3, 0.4) is 0 Å². The molecule has 2 rings (SSSR count). The first-order valence-electron chi connectivity index (χ1n) is 5.22. The number of alkyl halides is 3. The Hall–Kier alpha value is -0.980. The van der Waals surface area contributed by atoms with Crippen LogP contribution in [0.25, 0.3) is 0 Å². The first-order valence-corrected chi connectivity index (χ1v) is 6.38. The summed E-state index contributed by atoms with van der Waals surface area (Å²) >= 11 is 1.80. The van der Waals surface area contributed by atoms with Crippen LogP contribution in [0.4, 0.5) is 19.0 Å². The molecule has 1 aliphatic heterocycles. The van der Waals surface area contributed by atoms with E-state index in [0.29, 0.717) is 5.82 Å². The molecule has 0 unspecified atom stereocenters. The van der Waals surface area contributed by atoms with Crippen LogP contribution < -0.4 is 4.90 Å². The van der Waals surface area contributed by atoms with E-state index in [1.54, 1.807) is 11.8 Å². The molecule has 0 spiro atoms. The van der Waals surface area contributed by atoms with Crippen LogP contribution in [0.2, 0.25) is 0 Å². The molecule has 1 fully saturated rings. The second-order valence-electron chi connectivity index (χ2n) is 3.76. The van der Waals surface area contributed by atoms with Gasteiger partial charge in [-0.2, -0.15) is 24.9 Å². The standard InChI is InChI=1S/C10H12F3N3S/c1-7-14-8(10(11,12)13)6-9(15-7)16-2-4-17-5-3-16/h6H,2-5H2,1H3. The van der Waals surface area contributed by atoms with Crippen LogP contribution in [0, 0.1) is 6.92 Å². The van der Waals surface area contributed by atoms with Gasteiger partial charge in [0.2, 0.25) is 0 Å². The van der Waals surface area contributed by atoms with Gasteiger partial charge in [-0.1, -0.05) is 0 Å². The Morgan fingerprint density at radius 1 is 1.24 bits per heavy atom. The van der Waals surface area contributed by atoms with E-state index in [1.165, 1.54) is 6.92 Å². The van der Waals surface area contributed by atoms with Crippen LogP contribution >= 0.6 is 11.8 Å². The third-order valence-corrected chi connectivity index (χ3v) is 3.39. The minimum Gasteiger partial charge on any atom is -0.355 e. The number of anilines is 1. The van der Waals surface area contributed by atoms with E-state index in [0.717, 1.165) is 30.7 Å². The molecule has 1 saturated heterocycles. The molecule has 0 radical (unpaired) electrons. The number of thioether (sulfide) groups is 1. The molecule has 0 amide bonds. The Kier molecular flexibility index (Phi) is 3.46. The molecule has 0 N–H and O–H groups in total. The lowest BCUT2D eigenvalue weighted by molar-refractivity contribution is -0.141. The first kappa shape index (κ1) is 12.5. The summed E-state index contributed by atoms with van der Waals surface area (Å²) in [6, 6.07) is 1.03. The lowest BCUT2D eigenvalue weighted by atomic mass is 10.3. The van der Waals surface area contributed by atoms with Crippen molar-refractivity contribution in [1.29, 1.82) is 0 Å². The van der Waals surface area contributed by atoms with E-state index >= 15 is 0 Å². The van der Waals surface area contributed by atoms with Crippen LogP contribution in [0.1, 0.15) is 11.5 Å². The summed E-state index contributed by atoms with van der Waals surface area (Å²) in [6.45, 7) is 2.95. The highest BCUT2D eigenvalue weighted by Gasteiger charge is 2.33. The van der Waals surface area contributed by atoms with Crippen LogP contribution in [-0.4, -0.2) is 34.6 Å². The Balaban J connectivity index is 2.31. The highest BCUT2D eigenvalue weighted by atomic mass is 32.2. The predicted octanol–water partition coefficient (Wildman–Crippen LogP) is 2.36. The van der Waals surface area contributed by atoms with E-state index < -0.39 is 11.9 Å². The van der Waals surface area contributed by atoms with Gasteiger partial charge in [-0.3, -0.25) is 0 Å². The fourth-order valence-electron chi connectivity index (χ4n) is 1.65. The summed E-state index contributed by atoms with van der Waals surface area (Å²) in [4.78, 5) is 9.38. The number of hydrogen-bond donors (Lipinski definition) is 0. The first-order chi connectivity index (χ1) is 7.97. The predicted molar refractivity (Wildman–Crippen MR) is 61.3 cm³/mol. The van der Waals surface area contributed by atoms with Crippen LogP contribution in [0.5, 0.6) is 0 Å². The molecule has 1 aromatic heterocycles. The molecule has 0 bridgehead atoms. The summed E-state index contributed by atoms with van der Waals surface area (Å²) in [5.74, 6) is 2.38. The van der Waals surface area contributed by atoms with E-state index in [9.17, 15) is 13.2 Å². The Bertz CT molecular complexity index is 402. The fraction of sp³-hybridized carbons (Fsp3) is 0.600. The zero-order valence-electron chi connectivity index (χ0n) is 9.29. The molecule has 2 heterocycles. The summed E-state index contributed by atoms with van der Waals surface area (Å²) in [7, 11) is 0. The molecule has 3 nitrogen and oxygen atoms in total. The van der Waals surface area contributed by atoms with Gasteiger partial charge in [0.15, 0.2) is 0 Å². The highest BCUT2D eigenvalue weighted by Crippen LogP contribution is 2.30. The number of aromatic nitrogens is 2. The smallest absolute Gasteiger partial charge is 0.355 e. The average molecular weight is 263 g/mol. The summed E-state index contributed by atoms with van der Waals surface area (Å²) in [6.07, 6.45) is -4.41. The highest BCUT2D eigenvalue weighted by molar-refractivity contribution is 7.99. The van der Waals surface area contributed by atoms with Gasteiger partial charge in [0, 0.05) is 30.7 Å². The number of halogens is 3. The normalized spacial score (nSPS) is 17.3. The van der Waals surface area contributed by atoms with Crippen molar-refractivity contribution < 1.29 is 13.2 Å². The Morgan fingerprint density at radius 2 is 1.88 bits per heavy atom. The monoisotopic (exact) mass is 263 g/mol. The molecule has 94 valence electrons. The van der Waals surface area contributed by atoms with Gasteiger partial charge < -0.3 is 4.90 Å². The summed E-state index contributed by atoms with van der Waals surface area (Å²) in [5, 5.41) is 0. The summed E-state index contributed by atoms with van der Waals surface area (Å²) in [5.41, 5.74) is -0.863. The maximum atomic E-state index is 12.6. The van der Waals surface area contributed by atoms with E-state index in [1.807, 2.05) is 4.90 Å². The zero-order valence-corrected chi connectivity index (χ0v) is 10.1. The van der Waals surface area contributed by atoms with Gasteiger partial charge in [0.1, 0.15) is 17.3 Å². The van der Waals surface area contributed by atoms with Crippen molar-refractivity contribution >= 4 is 17.6 Å². The summed E-state index contributed by atoms with van der Waals surface area (Å²) < 4.78 is 37.8. The quantitative estimate of drug-likeness (QED) is 0.777. The lowest BCUT2D eigenvalue weighted by Gasteiger charge is -2.27. The molecule has 17 heavy (non-hydrogen) atoms. The number of rotatable bonds is 1. The number of aryl methyl sites for hydroxylation is 1. The van der Waals surface area contributed by atoms with E-state index in [-0.39, 0.29) is 5.82 Å². The fourth-order valence-corrected chi connectivity index (χ4v) is 2.55. The zero-order chi connectivity index (χ0) is 12.5. The molecule has 0 saturated carbocycles. The van der Waals surface area contributed by atoms with Crippen LogP contribution in [-0.2, 0) is 6.18 Å². The van der Waals surface area contributed by atoms with Gasteiger partial charge in [-0.15, -0.1) is 0 Å². The van der Waals surface area contributed by atoms with Crippen molar-refractivity contribution in [2.75, 3.05) is 29.5 Å². The molecular formula is C10H12F3N3S. The van der Waals surface area contributed by atoms with Gasteiger partial charge >= 0.3 is 6.18 Å². The van der Waals surface area contributed by atoms with Crippen molar-refractivity contribution in [3.63, 3.8) is 0 Å². The average Bonchev–Trinajstić information content (AvgIpc) is 2.28.